The predicted octanol–water partition coefficient (Wildman–Crippen LogP) is 1.36. The van der Waals surface area contributed by atoms with E-state index in [1.54, 1.807) is 18.2 Å². The molecule has 1 atom stereocenters. The van der Waals surface area contributed by atoms with E-state index in [-0.39, 0.29) is 18.7 Å². The normalized spacial score (nSPS) is 12.2. The Morgan fingerprint density at radius 1 is 1.44 bits per heavy atom. The molecule has 0 bridgehead atoms. The summed E-state index contributed by atoms with van der Waals surface area (Å²) in [5.41, 5.74) is 1.78. The van der Waals surface area contributed by atoms with Crippen molar-refractivity contribution in [3.8, 4) is 5.75 Å². The maximum atomic E-state index is 10.5. The molecule has 0 aliphatic heterocycles. The molecule has 0 aliphatic carbocycles. The lowest BCUT2D eigenvalue weighted by molar-refractivity contribution is -0.139. The van der Waals surface area contributed by atoms with Gasteiger partial charge in [-0.3, -0.25) is 4.79 Å². The Kier molecular flexibility index (Phi) is 4.97. The standard InChI is InChI=1S/C13H19NO4/c1-3-14(8-11(16)7-13(17)18)12-6-10(15)5-4-9(12)2/h4-6,11,15-16H,3,7-8H2,1-2H3,(H,17,18). The lowest BCUT2D eigenvalue weighted by Crippen LogP contribution is -2.34. The Balaban J connectivity index is 2.82. The first kappa shape index (κ1) is 14.3. The summed E-state index contributed by atoms with van der Waals surface area (Å²) in [6.07, 6.45) is -1.21. The van der Waals surface area contributed by atoms with Crippen LogP contribution < -0.4 is 4.90 Å². The number of carboxylic acid groups (broad SMARTS) is 1. The maximum Gasteiger partial charge on any atom is 0.306 e. The third-order valence-electron chi connectivity index (χ3n) is 2.76. The number of aliphatic hydroxyl groups excluding tert-OH is 1. The van der Waals surface area contributed by atoms with Crippen molar-refractivity contribution < 1.29 is 20.1 Å². The molecule has 18 heavy (non-hydrogen) atoms. The third-order valence-corrected chi connectivity index (χ3v) is 2.76. The van der Waals surface area contributed by atoms with Crippen LogP contribution in [0.4, 0.5) is 5.69 Å². The van der Waals surface area contributed by atoms with Gasteiger partial charge in [0.25, 0.3) is 0 Å². The zero-order valence-electron chi connectivity index (χ0n) is 10.6. The largest absolute Gasteiger partial charge is 0.508 e. The van der Waals surface area contributed by atoms with Crippen LogP contribution in [0.1, 0.15) is 18.9 Å². The number of carbonyl (C=O) groups is 1. The number of rotatable bonds is 6. The molecule has 0 aliphatic rings. The van der Waals surface area contributed by atoms with E-state index in [0.717, 1.165) is 11.3 Å². The van der Waals surface area contributed by atoms with Crippen molar-refractivity contribution in [2.75, 3.05) is 18.0 Å². The van der Waals surface area contributed by atoms with Crippen LogP contribution >= 0.6 is 0 Å². The van der Waals surface area contributed by atoms with E-state index in [4.69, 9.17) is 5.11 Å². The first-order valence-corrected chi connectivity index (χ1v) is 5.88. The van der Waals surface area contributed by atoms with Crippen molar-refractivity contribution in [2.45, 2.75) is 26.4 Å². The van der Waals surface area contributed by atoms with Gasteiger partial charge in [0.1, 0.15) is 5.75 Å². The van der Waals surface area contributed by atoms with Crippen molar-refractivity contribution in [1.82, 2.24) is 0 Å². The molecule has 1 aromatic rings. The second kappa shape index (κ2) is 6.26. The quantitative estimate of drug-likeness (QED) is 0.713. The van der Waals surface area contributed by atoms with Crippen LogP contribution in [-0.2, 0) is 4.79 Å². The van der Waals surface area contributed by atoms with Crippen molar-refractivity contribution in [2.24, 2.45) is 0 Å². The number of nitrogens with zero attached hydrogens (tertiary/aromatic N) is 1. The van der Waals surface area contributed by atoms with Crippen LogP contribution in [0.15, 0.2) is 18.2 Å². The van der Waals surface area contributed by atoms with E-state index in [0.29, 0.717) is 6.54 Å². The molecule has 0 saturated carbocycles. The van der Waals surface area contributed by atoms with Crippen LogP contribution in [0.3, 0.4) is 0 Å². The second-order valence-corrected chi connectivity index (χ2v) is 4.26. The molecule has 100 valence electrons. The topological polar surface area (TPSA) is 81.0 Å². The summed E-state index contributed by atoms with van der Waals surface area (Å²) >= 11 is 0. The molecule has 0 aromatic heterocycles. The molecule has 0 heterocycles. The van der Waals surface area contributed by atoms with Gasteiger partial charge >= 0.3 is 5.97 Å². The lowest BCUT2D eigenvalue weighted by Gasteiger charge is -2.27. The number of aliphatic carboxylic acids is 1. The number of hydrogen-bond acceptors (Lipinski definition) is 4. The Labute approximate surface area is 106 Å². The van der Waals surface area contributed by atoms with Crippen LogP contribution in [0, 0.1) is 6.92 Å². The van der Waals surface area contributed by atoms with Crippen molar-refractivity contribution in [3.63, 3.8) is 0 Å². The smallest absolute Gasteiger partial charge is 0.306 e. The fraction of sp³-hybridized carbons (Fsp3) is 0.462. The Bertz CT molecular complexity index is 419. The van der Waals surface area contributed by atoms with Crippen molar-refractivity contribution >= 4 is 11.7 Å². The highest BCUT2D eigenvalue weighted by Crippen LogP contribution is 2.25. The molecular formula is C13H19NO4. The van der Waals surface area contributed by atoms with Gasteiger partial charge in [-0.05, 0) is 25.5 Å². The van der Waals surface area contributed by atoms with Gasteiger partial charge in [0.05, 0.1) is 12.5 Å². The molecule has 5 nitrogen and oxygen atoms in total. The fourth-order valence-electron chi connectivity index (χ4n) is 1.86. The zero-order valence-corrected chi connectivity index (χ0v) is 10.6. The predicted molar refractivity (Wildman–Crippen MR) is 69.0 cm³/mol. The van der Waals surface area contributed by atoms with Crippen LogP contribution in [0.5, 0.6) is 5.75 Å². The van der Waals surface area contributed by atoms with E-state index in [1.165, 1.54) is 0 Å². The summed E-state index contributed by atoms with van der Waals surface area (Å²) in [7, 11) is 0. The number of anilines is 1. The number of phenols is 1. The number of aromatic hydroxyl groups is 1. The van der Waals surface area contributed by atoms with Gasteiger partial charge in [0, 0.05) is 24.8 Å². The summed E-state index contributed by atoms with van der Waals surface area (Å²) in [4.78, 5) is 12.4. The van der Waals surface area contributed by atoms with E-state index >= 15 is 0 Å². The highest BCUT2D eigenvalue weighted by molar-refractivity contribution is 5.67. The van der Waals surface area contributed by atoms with Gasteiger partial charge in [-0.2, -0.15) is 0 Å². The van der Waals surface area contributed by atoms with E-state index < -0.39 is 12.1 Å². The molecule has 1 unspecified atom stereocenters. The molecule has 1 rings (SSSR count). The van der Waals surface area contributed by atoms with Gasteiger partial charge in [0.15, 0.2) is 0 Å². The fourth-order valence-corrected chi connectivity index (χ4v) is 1.86. The molecule has 0 fully saturated rings. The highest BCUT2D eigenvalue weighted by Gasteiger charge is 2.15. The Hall–Kier alpha value is -1.75. The summed E-state index contributed by atoms with van der Waals surface area (Å²) in [6.45, 7) is 4.67. The van der Waals surface area contributed by atoms with Gasteiger partial charge in [-0.1, -0.05) is 6.07 Å². The van der Waals surface area contributed by atoms with Crippen LogP contribution in [-0.4, -0.2) is 40.5 Å². The minimum atomic E-state index is -1.02. The van der Waals surface area contributed by atoms with E-state index in [1.807, 2.05) is 18.7 Å². The molecule has 0 amide bonds. The van der Waals surface area contributed by atoms with E-state index in [9.17, 15) is 15.0 Å². The summed E-state index contributed by atoms with van der Waals surface area (Å²) in [6, 6.07) is 5.00. The average molecular weight is 253 g/mol. The number of aryl methyl sites for hydroxylation is 1. The van der Waals surface area contributed by atoms with Gasteiger partial charge in [-0.15, -0.1) is 0 Å². The zero-order chi connectivity index (χ0) is 13.7. The molecule has 3 N–H and O–H groups in total. The lowest BCUT2D eigenvalue weighted by atomic mass is 10.1. The molecular weight excluding hydrogens is 234 g/mol. The first-order valence-electron chi connectivity index (χ1n) is 5.88. The minimum absolute atomic E-state index is 0.154. The SMILES string of the molecule is CCN(CC(O)CC(=O)O)c1cc(O)ccc1C. The summed E-state index contributed by atoms with van der Waals surface area (Å²) in [5.74, 6) is -0.868. The summed E-state index contributed by atoms with van der Waals surface area (Å²) in [5, 5.41) is 27.8. The van der Waals surface area contributed by atoms with Crippen molar-refractivity contribution in [1.29, 1.82) is 0 Å². The minimum Gasteiger partial charge on any atom is -0.508 e. The number of aliphatic hydroxyl groups is 1. The van der Waals surface area contributed by atoms with Gasteiger partial charge in [-0.25, -0.2) is 0 Å². The maximum absolute atomic E-state index is 10.5. The molecule has 1 aromatic carbocycles. The van der Waals surface area contributed by atoms with Crippen molar-refractivity contribution in [3.05, 3.63) is 23.8 Å². The highest BCUT2D eigenvalue weighted by atomic mass is 16.4. The van der Waals surface area contributed by atoms with Gasteiger partial charge in [0.2, 0.25) is 0 Å². The molecule has 5 heteroatoms. The first-order chi connectivity index (χ1) is 8.43. The van der Waals surface area contributed by atoms with Crippen LogP contribution in [0.25, 0.3) is 0 Å². The monoisotopic (exact) mass is 253 g/mol. The molecule has 0 saturated heterocycles. The van der Waals surface area contributed by atoms with Gasteiger partial charge < -0.3 is 20.2 Å². The average Bonchev–Trinajstić information content (AvgIpc) is 2.28. The number of carboxylic acids is 1. The summed E-state index contributed by atoms with van der Waals surface area (Å²) < 4.78 is 0. The van der Waals surface area contributed by atoms with E-state index in [2.05, 4.69) is 0 Å². The molecule has 0 radical (unpaired) electrons. The Morgan fingerprint density at radius 2 is 2.11 bits per heavy atom. The number of likely N-dealkylation sites (N-methyl/N-ethyl adjacent to an activating group) is 1. The third kappa shape index (κ3) is 3.92. The molecule has 0 spiro atoms. The second-order valence-electron chi connectivity index (χ2n) is 4.26. The number of hydrogen-bond donors (Lipinski definition) is 3. The van der Waals surface area contributed by atoms with Crippen LogP contribution in [0.2, 0.25) is 0 Å². The Morgan fingerprint density at radius 3 is 2.67 bits per heavy atom. The number of benzene rings is 1. The number of phenolic OH excluding ortho intramolecular Hbond substituents is 1.